The summed E-state index contributed by atoms with van der Waals surface area (Å²) >= 11 is 0. The van der Waals surface area contributed by atoms with Crippen molar-refractivity contribution in [1.29, 1.82) is 0 Å². The van der Waals surface area contributed by atoms with Crippen LogP contribution in [0.15, 0.2) is 12.2 Å². The lowest BCUT2D eigenvalue weighted by Crippen LogP contribution is -2.46. The van der Waals surface area contributed by atoms with Crippen LogP contribution in [0, 0.1) is 0 Å². The number of aliphatic hydroxyl groups excluding tert-OH is 1. The monoisotopic (exact) mass is 886 g/mol. The van der Waals surface area contributed by atoms with Gasteiger partial charge in [-0.2, -0.15) is 0 Å². The third-order valence-corrected chi connectivity index (χ3v) is 13.2. The first kappa shape index (κ1) is 60.2. The average molecular weight is 886 g/mol. The van der Waals surface area contributed by atoms with E-state index >= 15 is 0 Å². The van der Waals surface area contributed by atoms with Gasteiger partial charge in [-0.3, -0.25) is 13.8 Å². The third kappa shape index (κ3) is 47.0. The van der Waals surface area contributed by atoms with E-state index in [0.29, 0.717) is 23.9 Å². The van der Waals surface area contributed by atoms with Crippen LogP contribution < -0.4 is 5.32 Å². The van der Waals surface area contributed by atoms with Crippen molar-refractivity contribution >= 4 is 13.7 Å². The van der Waals surface area contributed by atoms with Crippen molar-refractivity contribution in [3.05, 3.63) is 12.2 Å². The van der Waals surface area contributed by atoms with Gasteiger partial charge in [-0.1, -0.05) is 238 Å². The number of carbonyl (C=O) groups excluding carboxylic acids is 1. The fraction of sp³-hybridized carbons (Fsp3) is 0.942. The van der Waals surface area contributed by atoms with Gasteiger partial charge in [0, 0.05) is 6.42 Å². The maximum atomic E-state index is 12.9. The van der Waals surface area contributed by atoms with Crippen molar-refractivity contribution in [3.8, 4) is 0 Å². The van der Waals surface area contributed by atoms with Crippen LogP contribution in [0.5, 0.6) is 0 Å². The zero-order chi connectivity index (χ0) is 45.0. The summed E-state index contributed by atoms with van der Waals surface area (Å²) in [6.07, 6.45) is 52.7. The number of hydrogen-bond donors (Lipinski definition) is 3. The molecule has 0 saturated heterocycles. The van der Waals surface area contributed by atoms with Gasteiger partial charge >= 0.3 is 7.82 Å². The average Bonchev–Trinajstić information content (AvgIpc) is 3.21. The molecule has 0 spiro atoms. The summed E-state index contributed by atoms with van der Waals surface area (Å²) < 4.78 is 23.7. The van der Waals surface area contributed by atoms with Gasteiger partial charge in [0.05, 0.1) is 39.9 Å². The molecule has 0 aromatic rings. The highest BCUT2D eigenvalue weighted by atomic mass is 31.2. The molecular formula is C52H106N2O6P+. The van der Waals surface area contributed by atoms with E-state index in [9.17, 15) is 19.4 Å². The van der Waals surface area contributed by atoms with Crippen molar-refractivity contribution in [2.75, 3.05) is 40.9 Å². The number of amides is 1. The first-order chi connectivity index (χ1) is 29.5. The Morgan fingerprint density at radius 3 is 1.31 bits per heavy atom. The molecule has 0 radical (unpaired) electrons. The second kappa shape index (κ2) is 44.4. The van der Waals surface area contributed by atoms with Crippen LogP contribution in [-0.2, 0) is 18.4 Å². The zero-order valence-corrected chi connectivity index (χ0v) is 42.3. The van der Waals surface area contributed by atoms with E-state index < -0.39 is 20.0 Å². The molecule has 1 amide bonds. The molecule has 0 aromatic carbocycles. The highest BCUT2D eigenvalue weighted by Gasteiger charge is 2.28. The van der Waals surface area contributed by atoms with Crippen molar-refractivity contribution in [2.24, 2.45) is 0 Å². The number of phosphoric acid groups is 1. The number of allylic oxidation sites excluding steroid dienone is 2. The number of phosphoric ester groups is 1. The lowest BCUT2D eigenvalue weighted by Gasteiger charge is -2.26. The Morgan fingerprint density at radius 1 is 0.541 bits per heavy atom. The Morgan fingerprint density at radius 2 is 0.902 bits per heavy atom. The molecule has 0 heterocycles. The maximum absolute atomic E-state index is 12.9. The smallest absolute Gasteiger partial charge is 0.391 e. The van der Waals surface area contributed by atoms with E-state index in [1.807, 2.05) is 21.1 Å². The molecule has 3 N–H and O–H groups in total. The Kier molecular flexibility index (Phi) is 43.9. The van der Waals surface area contributed by atoms with Crippen LogP contribution in [-0.4, -0.2) is 73.4 Å². The van der Waals surface area contributed by atoms with Crippen LogP contribution in [0.4, 0.5) is 0 Å². The normalized spacial score (nSPS) is 14.1. The van der Waals surface area contributed by atoms with Gasteiger partial charge in [-0.05, 0) is 32.1 Å². The number of likely N-dealkylation sites (N-methyl/N-ethyl adjacent to an activating group) is 1. The van der Waals surface area contributed by atoms with Gasteiger partial charge in [0.15, 0.2) is 0 Å². The lowest BCUT2D eigenvalue weighted by molar-refractivity contribution is -0.870. The predicted octanol–water partition coefficient (Wildman–Crippen LogP) is 15.5. The highest BCUT2D eigenvalue weighted by Crippen LogP contribution is 2.43. The quantitative estimate of drug-likeness (QED) is 0.0243. The van der Waals surface area contributed by atoms with Crippen LogP contribution in [0.2, 0.25) is 0 Å². The van der Waals surface area contributed by atoms with Crippen molar-refractivity contribution in [3.63, 3.8) is 0 Å². The van der Waals surface area contributed by atoms with Crippen molar-refractivity contribution in [2.45, 2.75) is 276 Å². The van der Waals surface area contributed by atoms with Crippen LogP contribution >= 0.6 is 7.82 Å². The third-order valence-electron chi connectivity index (χ3n) is 12.3. The molecule has 3 unspecified atom stereocenters. The second-order valence-corrected chi connectivity index (χ2v) is 21.1. The number of unbranched alkanes of at least 4 members (excludes halogenated alkanes) is 34. The van der Waals surface area contributed by atoms with E-state index in [0.717, 1.165) is 51.4 Å². The van der Waals surface area contributed by atoms with Gasteiger partial charge < -0.3 is 19.8 Å². The molecule has 0 fully saturated rings. The molecule has 0 rings (SSSR count). The number of aliphatic hydroxyl groups is 1. The van der Waals surface area contributed by atoms with E-state index in [1.165, 1.54) is 186 Å². The van der Waals surface area contributed by atoms with Gasteiger partial charge in [0.2, 0.25) is 5.91 Å². The van der Waals surface area contributed by atoms with Gasteiger partial charge in [0.1, 0.15) is 13.2 Å². The SMILES string of the molecule is CCCC/C=C\CCCCCCCC(=O)NC(COP(=O)(O)OCC[N+](C)(C)C)C(O)CCCCCCCCCCCCCCCCCCCCCCCCCCCCCC. The number of nitrogens with one attached hydrogen (secondary N) is 1. The molecule has 3 atom stereocenters. The molecule has 0 aromatic heterocycles. The first-order valence-electron chi connectivity index (χ1n) is 26.6. The van der Waals surface area contributed by atoms with E-state index in [1.54, 1.807) is 0 Å². The number of rotatable bonds is 49. The summed E-state index contributed by atoms with van der Waals surface area (Å²) in [5.41, 5.74) is 0. The van der Waals surface area contributed by atoms with Crippen molar-refractivity contribution in [1.82, 2.24) is 5.32 Å². The molecule has 8 nitrogen and oxygen atoms in total. The molecule has 0 aliphatic rings. The molecule has 61 heavy (non-hydrogen) atoms. The van der Waals surface area contributed by atoms with E-state index in [4.69, 9.17) is 9.05 Å². The second-order valence-electron chi connectivity index (χ2n) is 19.6. The fourth-order valence-corrected chi connectivity index (χ4v) is 8.77. The minimum Gasteiger partial charge on any atom is -0.391 e. The topological polar surface area (TPSA) is 105 Å². The summed E-state index contributed by atoms with van der Waals surface area (Å²) in [5, 5.41) is 14.0. The summed E-state index contributed by atoms with van der Waals surface area (Å²) in [6.45, 7) is 4.87. The molecule has 0 aliphatic heterocycles. The first-order valence-corrected chi connectivity index (χ1v) is 28.0. The van der Waals surface area contributed by atoms with Gasteiger partial charge in [-0.25, -0.2) is 4.57 Å². The molecular weight excluding hydrogens is 780 g/mol. The predicted molar refractivity (Wildman–Crippen MR) is 263 cm³/mol. The molecule has 0 aliphatic carbocycles. The van der Waals surface area contributed by atoms with E-state index in [2.05, 4.69) is 31.3 Å². The Balaban J connectivity index is 4.04. The summed E-state index contributed by atoms with van der Waals surface area (Å²) in [5.74, 6) is -0.152. The Hall–Kier alpha value is -0.760. The van der Waals surface area contributed by atoms with Crippen LogP contribution in [0.1, 0.15) is 264 Å². The van der Waals surface area contributed by atoms with Crippen LogP contribution in [0.3, 0.4) is 0 Å². The van der Waals surface area contributed by atoms with Gasteiger partial charge in [0.25, 0.3) is 0 Å². The fourth-order valence-electron chi connectivity index (χ4n) is 8.03. The number of hydrogen-bond acceptors (Lipinski definition) is 5. The number of quaternary nitrogens is 1. The summed E-state index contributed by atoms with van der Waals surface area (Å²) in [6, 6.07) is -0.761. The largest absolute Gasteiger partial charge is 0.472 e. The van der Waals surface area contributed by atoms with Gasteiger partial charge in [-0.15, -0.1) is 0 Å². The molecule has 0 bridgehead atoms. The highest BCUT2D eigenvalue weighted by molar-refractivity contribution is 7.47. The summed E-state index contributed by atoms with van der Waals surface area (Å²) in [4.78, 5) is 23.2. The molecule has 364 valence electrons. The lowest BCUT2D eigenvalue weighted by atomic mass is 10.0. The summed E-state index contributed by atoms with van der Waals surface area (Å²) in [7, 11) is 1.62. The molecule has 9 heteroatoms. The number of carbonyl (C=O) groups is 1. The minimum absolute atomic E-state index is 0.0750. The maximum Gasteiger partial charge on any atom is 0.472 e. The zero-order valence-electron chi connectivity index (χ0n) is 41.4. The Labute approximate surface area is 380 Å². The standard InChI is InChI=1S/C52H105N2O6P/c1-6-8-10-12-14-16-18-19-20-21-22-23-24-25-26-27-28-29-30-31-32-33-34-36-37-39-41-43-45-51(55)50(49-60-61(57,58)59-48-47-54(3,4)5)53-52(56)46-44-42-40-38-35-17-15-13-11-9-7-2/h13,15,50-51,55H,6-12,14,16-49H2,1-5H3,(H-,53,56,57,58)/p+1/b15-13-. The minimum atomic E-state index is -4.31. The Bertz CT molecular complexity index is 1000. The van der Waals surface area contributed by atoms with Crippen molar-refractivity contribution < 1.29 is 32.9 Å². The number of nitrogens with zero attached hydrogens (tertiary/aromatic N) is 1. The van der Waals surface area contributed by atoms with Crippen LogP contribution in [0.25, 0.3) is 0 Å². The van der Waals surface area contributed by atoms with E-state index in [-0.39, 0.29) is 19.1 Å². The molecule has 0 saturated carbocycles.